The van der Waals surface area contributed by atoms with Crippen LogP contribution in [0.1, 0.15) is 75.1 Å². The minimum Gasteiger partial charge on any atom is -0.463 e. The molecule has 1 saturated heterocycles. The minimum absolute atomic E-state index is 0.0137. The summed E-state index contributed by atoms with van der Waals surface area (Å²) >= 11 is 0. The zero-order valence-electron chi connectivity index (χ0n) is 30.8. The van der Waals surface area contributed by atoms with E-state index in [2.05, 4.69) is 10.3 Å². The average Bonchev–Trinajstić information content (AvgIpc) is 3.10. The van der Waals surface area contributed by atoms with Crippen LogP contribution in [0.4, 0.5) is 27.2 Å². The number of ether oxygens (including phenoxy) is 4. The molecule has 4 rings (SSSR count). The number of esters is 1. The topological polar surface area (TPSA) is 133 Å². The van der Waals surface area contributed by atoms with Gasteiger partial charge in [-0.15, -0.1) is 0 Å². The van der Waals surface area contributed by atoms with Gasteiger partial charge in [0, 0.05) is 31.0 Å². The maximum atomic E-state index is 15.5. The molecule has 1 fully saturated rings. The Morgan fingerprint density at radius 2 is 1.67 bits per heavy atom. The van der Waals surface area contributed by atoms with Crippen LogP contribution in [0.15, 0.2) is 54.9 Å². The van der Waals surface area contributed by atoms with E-state index in [4.69, 9.17) is 18.9 Å². The quantitative estimate of drug-likeness (QED) is 0.110. The first-order valence-electron chi connectivity index (χ1n) is 17.5. The number of hydrogen-bond donors (Lipinski definition) is 1. The number of ketones is 1. The fourth-order valence-electron chi connectivity index (χ4n) is 6.16. The van der Waals surface area contributed by atoms with Crippen molar-refractivity contribution < 1.29 is 55.7 Å². The Bertz CT molecular complexity index is 1770. The van der Waals surface area contributed by atoms with Crippen LogP contribution in [0.25, 0.3) is 0 Å². The lowest BCUT2D eigenvalue weighted by Crippen LogP contribution is -2.55. The predicted octanol–water partition coefficient (Wildman–Crippen LogP) is 6.59. The molecule has 292 valence electrons. The number of carbonyl (C=O) groups is 4. The molecule has 1 aliphatic heterocycles. The fourth-order valence-corrected chi connectivity index (χ4v) is 6.16. The number of hydrogen-bond acceptors (Lipinski definition) is 9. The number of pyridine rings is 1. The second kappa shape index (κ2) is 18.8. The number of amides is 2. The molecular formula is C39H45F4N3O8. The van der Waals surface area contributed by atoms with Gasteiger partial charge in [0.15, 0.2) is 5.78 Å². The molecule has 0 spiro atoms. The van der Waals surface area contributed by atoms with E-state index >= 15 is 4.39 Å². The number of methoxy groups -OCH3 is 1. The van der Waals surface area contributed by atoms with E-state index in [1.807, 2.05) is 6.92 Å². The molecular weight excluding hydrogens is 714 g/mol. The van der Waals surface area contributed by atoms with Gasteiger partial charge in [-0.3, -0.25) is 19.5 Å². The molecule has 15 heteroatoms. The van der Waals surface area contributed by atoms with Crippen LogP contribution < -0.4 is 5.32 Å². The number of aromatic nitrogens is 1. The second-order valence-electron chi connectivity index (χ2n) is 14.0. The highest BCUT2D eigenvalue weighted by Gasteiger charge is 2.37. The van der Waals surface area contributed by atoms with Crippen molar-refractivity contribution in [1.82, 2.24) is 15.2 Å². The zero-order valence-corrected chi connectivity index (χ0v) is 30.8. The van der Waals surface area contributed by atoms with Crippen molar-refractivity contribution in [2.45, 2.75) is 89.5 Å². The Hall–Kier alpha value is -5.05. The van der Waals surface area contributed by atoms with Crippen molar-refractivity contribution in [2.75, 3.05) is 26.9 Å². The van der Waals surface area contributed by atoms with E-state index in [0.29, 0.717) is 12.5 Å². The predicted molar refractivity (Wildman–Crippen MR) is 187 cm³/mol. The summed E-state index contributed by atoms with van der Waals surface area (Å²) in [6.45, 7) is 6.96. The molecule has 0 bridgehead atoms. The number of alkyl carbamates (subject to hydrolysis) is 1. The Kier molecular flexibility index (Phi) is 14.5. The van der Waals surface area contributed by atoms with Crippen LogP contribution in [0, 0.1) is 23.3 Å². The van der Waals surface area contributed by atoms with E-state index in [1.165, 1.54) is 23.2 Å². The van der Waals surface area contributed by atoms with Crippen molar-refractivity contribution in [3.8, 4) is 0 Å². The molecule has 0 aliphatic carbocycles. The van der Waals surface area contributed by atoms with Gasteiger partial charge in [-0.2, -0.15) is 0 Å². The van der Waals surface area contributed by atoms with Gasteiger partial charge in [-0.1, -0.05) is 19.1 Å². The van der Waals surface area contributed by atoms with Gasteiger partial charge in [0.1, 0.15) is 41.5 Å². The second-order valence-corrected chi connectivity index (χ2v) is 14.0. The molecule has 1 aliphatic rings. The van der Waals surface area contributed by atoms with Crippen LogP contribution in [-0.4, -0.2) is 84.5 Å². The monoisotopic (exact) mass is 759 g/mol. The van der Waals surface area contributed by atoms with Crippen LogP contribution in [0.2, 0.25) is 0 Å². The highest BCUT2D eigenvalue weighted by Crippen LogP contribution is 2.32. The molecule has 0 radical (unpaired) electrons. The highest BCUT2D eigenvalue weighted by molar-refractivity contribution is 5.91. The SMILES string of the molecule is CCCC(=O)OC[C@@H]1CO[C@H](CCc2c(F)cncc2CC(=O)[C@@H](NC(=O)OC)[C@@H](c2ccc(F)cc2)c2cc(F)cc(F)c2)CN1C(=O)OC(C)(C)C. The number of halogens is 4. The van der Waals surface area contributed by atoms with Crippen molar-refractivity contribution in [3.05, 3.63) is 100 Å². The summed E-state index contributed by atoms with van der Waals surface area (Å²) in [5, 5.41) is 2.45. The molecule has 1 N–H and O–H groups in total. The molecule has 54 heavy (non-hydrogen) atoms. The summed E-state index contributed by atoms with van der Waals surface area (Å²) in [7, 11) is 1.07. The van der Waals surface area contributed by atoms with Crippen molar-refractivity contribution >= 4 is 23.9 Å². The molecule has 3 aromatic rings. The van der Waals surface area contributed by atoms with E-state index < -0.39 is 83.3 Å². The lowest BCUT2D eigenvalue weighted by molar-refractivity contribution is -0.149. The van der Waals surface area contributed by atoms with E-state index in [1.54, 1.807) is 20.8 Å². The first-order valence-corrected chi connectivity index (χ1v) is 17.5. The van der Waals surface area contributed by atoms with Crippen LogP contribution >= 0.6 is 0 Å². The van der Waals surface area contributed by atoms with E-state index in [-0.39, 0.29) is 61.3 Å². The number of Topliss-reactive ketones (excluding diaryl/α,β-unsaturated/α-hetero) is 1. The van der Waals surface area contributed by atoms with Gasteiger partial charge in [-0.05, 0) is 86.6 Å². The molecule has 2 amide bonds. The summed E-state index contributed by atoms with van der Waals surface area (Å²) in [6.07, 6.45) is 0.585. The third kappa shape index (κ3) is 11.7. The highest BCUT2D eigenvalue weighted by atomic mass is 19.1. The van der Waals surface area contributed by atoms with Gasteiger partial charge in [0.05, 0.1) is 38.6 Å². The molecule has 11 nitrogen and oxygen atoms in total. The van der Waals surface area contributed by atoms with Gasteiger partial charge in [0.25, 0.3) is 0 Å². The van der Waals surface area contributed by atoms with Crippen molar-refractivity contribution in [1.29, 1.82) is 0 Å². The third-order valence-corrected chi connectivity index (χ3v) is 8.67. The van der Waals surface area contributed by atoms with E-state index in [0.717, 1.165) is 37.6 Å². The standard InChI is InChI=1S/C39H45F4N3O8/c1-6-7-34(48)53-22-29-21-52-30(20-46(29)38(50)54-39(2,3)4)12-13-31-25(18-44-19-32(31)43)16-33(47)36(45-37(49)51-5)35(23-8-10-26(40)11-9-23)24-14-27(41)17-28(42)15-24/h8-11,14-15,17-19,29-30,35-36H,6-7,12-13,16,20-22H2,1-5H3,(H,45,49)/t29-,30+,35-,36+/m0/s1. The van der Waals surface area contributed by atoms with Gasteiger partial charge >= 0.3 is 18.2 Å². The summed E-state index contributed by atoms with van der Waals surface area (Å²) in [4.78, 5) is 57.4. The van der Waals surface area contributed by atoms with Gasteiger partial charge in [-0.25, -0.2) is 27.2 Å². The summed E-state index contributed by atoms with van der Waals surface area (Å²) in [6, 6.07) is 5.34. The Labute approximate surface area is 311 Å². The lowest BCUT2D eigenvalue weighted by atomic mass is 9.81. The summed E-state index contributed by atoms with van der Waals surface area (Å²) in [5.74, 6) is -5.55. The molecule has 0 saturated carbocycles. The Balaban J connectivity index is 1.59. The number of nitrogens with one attached hydrogen (secondary N) is 1. The fraction of sp³-hybridized carbons (Fsp3) is 0.462. The number of nitrogens with zero attached hydrogens (tertiary/aromatic N) is 2. The smallest absolute Gasteiger partial charge is 0.410 e. The number of morpholine rings is 1. The number of carbonyl (C=O) groups excluding carboxylic acids is 4. The van der Waals surface area contributed by atoms with Crippen LogP contribution in [0.5, 0.6) is 0 Å². The van der Waals surface area contributed by atoms with Crippen LogP contribution in [-0.2, 0) is 41.4 Å². The lowest BCUT2D eigenvalue weighted by Gasteiger charge is -2.40. The average molecular weight is 760 g/mol. The van der Waals surface area contributed by atoms with Gasteiger partial charge in [0.2, 0.25) is 0 Å². The normalized spacial score (nSPS) is 16.9. The molecule has 4 atom stereocenters. The number of rotatable bonds is 14. The third-order valence-electron chi connectivity index (χ3n) is 8.67. The van der Waals surface area contributed by atoms with Crippen LogP contribution in [0.3, 0.4) is 0 Å². The summed E-state index contributed by atoms with van der Waals surface area (Å²) < 4.78 is 80.2. The minimum atomic E-state index is -1.52. The molecule has 1 aromatic heterocycles. The Morgan fingerprint density at radius 3 is 2.30 bits per heavy atom. The first kappa shape index (κ1) is 41.7. The molecule has 2 aromatic carbocycles. The largest absolute Gasteiger partial charge is 0.463 e. The maximum absolute atomic E-state index is 15.5. The number of benzene rings is 2. The Morgan fingerprint density at radius 1 is 0.981 bits per heavy atom. The first-order chi connectivity index (χ1) is 25.6. The van der Waals surface area contributed by atoms with Gasteiger partial charge < -0.3 is 24.3 Å². The van der Waals surface area contributed by atoms with Crippen molar-refractivity contribution in [2.24, 2.45) is 0 Å². The molecule has 2 heterocycles. The summed E-state index contributed by atoms with van der Waals surface area (Å²) in [5.41, 5.74) is -0.312. The maximum Gasteiger partial charge on any atom is 0.410 e. The van der Waals surface area contributed by atoms with E-state index in [9.17, 15) is 32.3 Å². The zero-order chi connectivity index (χ0) is 39.6. The van der Waals surface area contributed by atoms with Crippen molar-refractivity contribution in [3.63, 3.8) is 0 Å². The molecule has 0 unspecified atom stereocenters.